The van der Waals surface area contributed by atoms with Crippen LogP contribution < -0.4 is 20.5 Å². The van der Waals surface area contributed by atoms with Gasteiger partial charge in [-0.05, 0) is 64.1 Å². The molecule has 0 aliphatic heterocycles. The van der Waals surface area contributed by atoms with Crippen LogP contribution >= 0.6 is 0 Å². The van der Waals surface area contributed by atoms with Crippen LogP contribution in [0.4, 0.5) is 0 Å². The first-order valence-corrected chi connectivity index (χ1v) is 14.3. The first-order chi connectivity index (χ1) is 21.4. The normalized spacial score (nSPS) is 12.2. The smallest absolute Gasteiger partial charge is 0.326 e. The van der Waals surface area contributed by atoms with Gasteiger partial charge in [-0.25, -0.2) is 4.79 Å². The summed E-state index contributed by atoms with van der Waals surface area (Å²) in [5.41, 5.74) is 10.8. The number of carboxylic acid groups (broad SMARTS) is 1. The second-order valence-corrected chi connectivity index (χ2v) is 11.5. The van der Waals surface area contributed by atoms with E-state index in [0.29, 0.717) is 33.8 Å². The van der Waals surface area contributed by atoms with Gasteiger partial charge in [0, 0.05) is 23.1 Å². The van der Waals surface area contributed by atoms with Crippen molar-refractivity contribution in [2.75, 3.05) is 14.2 Å². The average molecular weight is 608 g/mol. The summed E-state index contributed by atoms with van der Waals surface area (Å²) in [7, 11) is 3.14. The number of hydrogen-bond donors (Lipinski definition) is 3. The summed E-state index contributed by atoms with van der Waals surface area (Å²) in [5, 5.41) is 12.4. The molecule has 9 heteroatoms. The van der Waals surface area contributed by atoms with Crippen LogP contribution in [0.2, 0.25) is 0 Å². The minimum absolute atomic E-state index is 0.0253. The molecule has 0 bridgehead atoms. The van der Waals surface area contributed by atoms with E-state index in [1.807, 2.05) is 42.5 Å². The number of ether oxygens (including phenoxy) is 2. The van der Waals surface area contributed by atoms with E-state index in [4.69, 9.17) is 15.2 Å². The predicted octanol–water partition coefficient (Wildman–Crippen LogP) is 5.64. The van der Waals surface area contributed by atoms with Crippen molar-refractivity contribution < 1.29 is 29.0 Å². The van der Waals surface area contributed by atoms with Gasteiger partial charge in [0.1, 0.15) is 11.9 Å². The van der Waals surface area contributed by atoms with Crippen molar-refractivity contribution in [2.24, 2.45) is 10.7 Å². The highest BCUT2D eigenvalue weighted by atomic mass is 16.5. The van der Waals surface area contributed by atoms with E-state index < -0.39 is 23.8 Å². The Kier molecular flexibility index (Phi) is 10.0. The summed E-state index contributed by atoms with van der Waals surface area (Å²) in [6, 6.07) is 25.2. The summed E-state index contributed by atoms with van der Waals surface area (Å²) in [4.78, 5) is 41.6. The number of hydrogen-bond acceptors (Lipinski definition) is 5. The number of benzene rings is 4. The number of nitrogens with two attached hydrogens (primary N) is 1. The molecule has 4 aromatic rings. The summed E-state index contributed by atoms with van der Waals surface area (Å²) >= 11 is 0. The second kappa shape index (κ2) is 13.9. The third kappa shape index (κ3) is 8.14. The molecule has 4 aromatic carbocycles. The zero-order chi connectivity index (χ0) is 32.7. The number of amidine groups is 1. The van der Waals surface area contributed by atoms with Crippen LogP contribution in [-0.4, -0.2) is 49.0 Å². The van der Waals surface area contributed by atoms with E-state index in [0.717, 1.165) is 16.7 Å². The molecule has 0 aromatic heterocycles. The quantitative estimate of drug-likeness (QED) is 0.157. The molecule has 4 rings (SSSR count). The lowest BCUT2D eigenvalue weighted by atomic mass is 9.86. The summed E-state index contributed by atoms with van der Waals surface area (Å²) in [6.45, 7) is 6.23. The number of methoxy groups -OCH3 is 2. The Morgan fingerprint density at radius 3 is 1.89 bits per heavy atom. The van der Waals surface area contributed by atoms with E-state index in [1.54, 1.807) is 62.8 Å². The summed E-state index contributed by atoms with van der Waals surface area (Å²) < 4.78 is 10.7. The number of rotatable bonds is 10. The second-order valence-electron chi connectivity index (χ2n) is 11.5. The molecule has 0 saturated carbocycles. The van der Waals surface area contributed by atoms with E-state index in [9.17, 15) is 19.5 Å². The number of nitrogens with zero attached hydrogens (tertiary/aromatic N) is 1. The lowest BCUT2D eigenvalue weighted by Gasteiger charge is -2.19. The largest absolute Gasteiger partial charge is 0.493 e. The topological polar surface area (TPSA) is 140 Å². The van der Waals surface area contributed by atoms with Gasteiger partial charge in [0.05, 0.1) is 14.2 Å². The van der Waals surface area contributed by atoms with Crippen LogP contribution in [0.25, 0.3) is 11.1 Å². The Balaban J connectivity index is 1.40. The van der Waals surface area contributed by atoms with Gasteiger partial charge in [-0.2, -0.15) is 4.99 Å². The highest BCUT2D eigenvalue weighted by Crippen LogP contribution is 2.32. The van der Waals surface area contributed by atoms with Crippen molar-refractivity contribution in [3.8, 4) is 22.6 Å². The van der Waals surface area contributed by atoms with Gasteiger partial charge in [0.25, 0.3) is 11.8 Å². The lowest BCUT2D eigenvalue weighted by molar-refractivity contribution is -0.139. The molecule has 0 heterocycles. The first-order valence-electron chi connectivity index (χ1n) is 14.3. The molecule has 2 amide bonds. The van der Waals surface area contributed by atoms with Crippen LogP contribution in [-0.2, 0) is 16.6 Å². The molecule has 0 radical (unpaired) electrons. The Labute approximate surface area is 262 Å². The SMILES string of the molecule is COc1ccc(-c2ccc(C(=O)N=C(N)c3ccc(CC(NC(=O)c4ccc(C(C)(C)C)cc4)C(=O)O)cc3)cc2)cc1OC. The molecule has 0 aliphatic carbocycles. The van der Waals surface area contributed by atoms with Crippen molar-refractivity contribution in [1.82, 2.24) is 5.32 Å². The van der Waals surface area contributed by atoms with Crippen LogP contribution in [0, 0.1) is 0 Å². The van der Waals surface area contributed by atoms with Crippen molar-refractivity contribution >= 4 is 23.6 Å². The zero-order valence-corrected chi connectivity index (χ0v) is 26.0. The minimum atomic E-state index is -1.15. The summed E-state index contributed by atoms with van der Waals surface area (Å²) in [6.07, 6.45) is 0.0593. The Morgan fingerprint density at radius 1 is 0.778 bits per heavy atom. The third-order valence-corrected chi connectivity index (χ3v) is 7.38. The molecule has 232 valence electrons. The highest BCUT2D eigenvalue weighted by molar-refractivity contribution is 6.08. The van der Waals surface area contributed by atoms with Crippen LogP contribution in [0.5, 0.6) is 11.5 Å². The maximum atomic E-state index is 12.8. The van der Waals surface area contributed by atoms with Crippen LogP contribution in [0.3, 0.4) is 0 Å². The van der Waals surface area contributed by atoms with Crippen LogP contribution in [0.15, 0.2) is 96.0 Å². The molecule has 0 saturated heterocycles. The molecule has 1 atom stereocenters. The number of carboxylic acids is 1. The molecule has 45 heavy (non-hydrogen) atoms. The molecular weight excluding hydrogens is 570 g/mol. The maximum absolute atomic E-state index is 12.8. The van der Waals surface area contributed by atoms with Gasteiger partial charge in [-0.15, -0.1) is 0 Å². The Hall–Kier alpha value is -5.44. The van der Waals surface area contributed by atoms with Gasteiger partial charge in [0.15, 0.2) is 11.5 Å². The third-order valence-electron chi connectivity index (χ3n) is 7.38. The standard InChI is InChI=1S/C36H37N3O6/c1-36(2,3)28-17-14-26(15-18-28)33(40)38-29(35(42)43)20-22-6-8-24(9-7-22)32(37)39-34(41)25-12-10-23(11-13-25)27-16-19-30(44-4)31(21-27)45-5/h6-19,21,29H,20H2,1-5H3,(H,38,40)(H,42,43)(H2,37,39,41). The van der Waals surface area contributed by atoms with Gasteiger partial charge < -0.3 is 25.6 Å². The van der Waals surface area contributed by atoms with Crippen LogP contribution in [0.1, 0.15) is 58.2 Å². The minimum Gasteiger partial charge on any atom is -0.493 e. The highest BCUT2D eigenvalue weighted by Gasteiger charge is 2.22. The molecule has 9 nitrogen and oxygen atoms in total. The molecule has 0 fully saturated rings. The fourth-order valence-electron chi connectivity index (χ4n) is 4.67. The zero-order valence-electron chi connectivity index (χ0n) is 26.0. The van der Waals surface area contributed by atoms with Crippen molar-refractivity contribution in [1.29, 1.82) is 0 Å². The maximum Gasteiger partial charge on any atom is 0.326 e. The van der Waals surface area contributed by atoms with Crippen molar-refractivity contribution in [2.45, 2.75) is 38.6 Å². The Bertz CT molecular complexity index is 1700. The number of carbonyl (C=O) groups is 3. The monoisotopic (exact) mass is 607 g/mol. The molecule has 0 aliphatic rings. The average Bonchev–Trinajstić information content (AvgIpc) is 3.04. The van der Waals surface area contributed by atoms with E-state index in [-0.39, 0.29) is 17.7 Å². The number of amides is 2. The first kappa shape index (κ1) is 32.5. The fourth-order valence-corrected chi connectivity index (χ4v) is 4.67. The van der Waals surface area contributed by atoms with Gasteiger partial charge in [-0.3, -0.25) is 9.59 Å². The summed E-state index contributed by atoms with van der Waals surface area (Å²) in [5.74, 6) is -0.869. The molecule has 1 unspecified atom stereocenters. The number of carbonyl (C=O) groups excluding carboxylic acids is 2. The lowest BCUT2D eigenvalue weighted by Crippen LogP contribution is -2.42. The number of aliphatic imine (C=N–C) groups is 1. The van der Waals surface area contributed by atoms with Crippen molar-refractivity contribution in [3.63, 3.8) is 0 Å². The number of nitrogens with one attached hydrogen (secondary N) is 1. The Morgan fingerprint density at radius 2 is 1.33 bits per heavy atom. The van der Waals surface area contributed by atoms with Gasteiger partial charge in [-0.1, -0.05) is 75.4 Å². The van der Waals surface area contributed by atoms with Gasteiger partial charge >= 0.3 is 5.97 Å². The number of aliphatic carboxylic acids is 1. The molecular formula is C36H37N3O6. The predicted molar refractivity (Wildman–Crippen MR) is 174 cm³/mol. The van der Waals surface area contributed by atoms with E-state index >= 15 is 0 Å². The molecule has 4 N–H and O–H groups in total. The van der Waals surface area contributed by atoms with Crippen molar-refractivity contribution in [3.05, 3.63) is 119 Å². The fraction of sp³-hybridized carbons (Fsp3) is 0.222. The molecule has 0 spiro atoms. The van der Waals surface area contributed by atoms with E-state index in [2.05, 4.69) is 31.1 Å². The van der Waals surface area contributed by atoms with E-state index in [1.165, 1.54) is 0 Å². The van der Waals surface area contributed by atoms with Gasteiger partial charge in [0.2, 0.25) is 0 Å².